The fraction of sp³-hybridized carbons (Fsp3) is 0.250. The van der Waals surface area contributed by atoms with Gasteiger partial charge in [0.1, 0.15) is 0 Å². The second-order valence-electron chi connectivity index (χ2n) is 3.30. The summed E-state index contributed by atoms with van der Waals surface area (Å²) in [7, 11) is 0. The van der Waals surface area contributed by atoms with Crippen LogP contribution >= 0.6 is 0 Å². The number of aliphatic hydroxyl groups excluding tert-OH is 1. The Morgan fingerprint density at radius 1 is 1.60 bits per heavy atom. The lowest BCUT2D eigenvalue weighted by Gasteiger charge is -2.12. The quantitative estimate of drug-likeness (QED) is 0.741. The lowest BCUT2D eigenvalue weighted by molar-refractivity contribution is -0.115. The van der Waals surface area contributed by atoms with E-state index in [0.717, 1.165) is 5.56 Å². The fourth-order valence-electron chi connectivity index (χ4n) is 1.31. The van der Waals surface area contributed by atoms with Gasteiger partial charge in [0.05, 0.1) is 6.10 Å². The van der Waals surface area contributed by atoms with Crippen LogP contribution < -0.4 is 5.32 Å². The maximum Gasteiger partial charge on any atom is 0.228 e. The molecule has 0 radical (unpaired) electrons. The Bertz CT molecular complexity index is 358. The molecule has 2 N–H and O–H groups in total. The zero-order valence-corrected chi connectivity index (χ0v) is 8.73. The van der Waals surface area contributed by atoms with E-state index in [1.807, 2.05) is 12.1 Å². The third-order valence-corrected chi connectivity index (χ3v) is 2.01. The first-order chi connectivity index (χ1) is 7.15. The van der Waals surface area contributed by atoms with E-state index < -0.39 is 6.10 Å². The minimum Gasteiger partial charge on any atom is -0.389 e. The summed E-state index contributed by atoms with van der Waals surface area (Å²) in [5, 5.41) is 12.2. The van der Waals surface area contributed by atoms with Crippen molar-refractivity contribution in [2.45, 2.75) is 19.4 Å². The van der Waals surface area contributed by atoms with E-state index in [9.17, 15) is 9.90 Å². The van der Waals surface area contributed by atoms with Crippen LogP contribution in [0.15, 0.2) is 36.9 Å². The van der Waals surface area contributed by atoms with Crippen molar-refractivity contribution in [2.75, 3.05) is 5.32 Å². The van der Waals surface area contributed by atoms with Gasteiger partial charge in [-0.1, -0.05) is 24.3 Å². The molecule has 0 saturated heterocycles. The number of para-hydroxylation sites is 1. The molecule has 1 amide bonds. The number of amides is 1. The minimum absolute atomic E-state index is 0.127. The third kappa shape index (κ3) is 3.22. The molecule has 1 unspecified atom stereocenters. The van der Waals surface area contributed by atoms with E-state index in [2.05, 4.69) is 11.9 Å². The normalized spacial score (nSPS) is 11.9. The molecule has 0 aromatic heterocycles. The Kier molecular flexibility index (Phi) is 4.06. The Morgan fingerprint density at radius 3 is 2.87 bits per heavy atom. The summed E-state index contributed by atoms with van der Waals surface area (Å²) in [4.78, 5) is 11.3. The van der Waals surface area contributed by atoms with Gasteiger partial charge in [0.25, 0.3) is 0 Å². The molecule has 0 spiro atoms. The Morgan fingerprint density at radius 2 is 2.27 bits per heavy atom. The molecule has 0 heterocycles. The highest BCUT2D eigenvalue weighted by Crippen LogP contribution is 2.22. The molecular formula is C12H15NO2. The van der Waals surface area contributed by atoms with Crippen LogP contribution in [0.25, 0.3) is 0 Å². The van der Waals surface area contributed by atoms with Crippen LogP contribution in [0.5, 0.6) is 0 Å². The summed E-state index contributed by atoms with van der Waals surface area (Å²) >= 11 is 0. The molecule has 0 aliphatic heterocycles. The molecule has 0 bridgehead atoms. The van der Waals surface area contributed by atoms with Gasteiger partial charge in [-0.05, 0) is 13.0 Å². The number of hydrogen-bond acceptors (Lipinski definition) is 2. The van der Waals surface area contributed by atoms with Gasteiger partial charge < -0.3 is 10.4 Å². The smallest absolute Gasteiger partial charge is 0.228 e. The maximum atomic E-state index is 11.3. The van der Waals surface area contributed by atoms with Crippen molar-refractivity contribution in [2.24, 2.45) is 0 Å². The summed E-state index contributed by atoms with van der Waals surface area (Å²) in [6.07, 6.45) is 1.22. The molecule has 0 aliphatic rings. The highest BCUT2D eigenvalue weighted by atomic mass is 16.3. The van der Waals surface area contributed by atoms with E-state index in [1.54, 1.807) is 25.1 Å². The summed E-state index contributed by atoms with van der Waals surface area (Å²) in [6.45, 7) is 5.15. The molecule has 0 aliphatic carbocycles. The van der Waals surface area contributed by atoms with Crippen LogP contribution in [0.2, 0.25) is 0 Å². The molecule has 3 heteroatoms. The molecule has 1 rings (SSSR count). The number of benzene rings is 1. The van der Waals surface area contributed by atoms with Gasteiger partial charge >= 0.3 is 0 Å². The van der Waals surface area contributed by atoms with Crippen molar-refractivity contribution in [3.8, 4) is 0 Å². The van der Waals surface area contributed by atoms with Gasteiger partial charge in [-0.3, -0.25) is 4.79 Å². The minimum atomic E-state index is -0.592. The van der Waals surface area contributed by atoms with Gasteiger partial charge in [-0.25, -0.2) is 0 Å². The standard InChI is InChI=1S/C12H15NO2/c1-3-6-12(15)13-11-8-5-4-7-10(11)9(2)14/h3-5,7-9,14H,1,6H2,2H3,(H,13,15). The van der Waals surface area contributed by atoms with E-state index in [4.69, 9.17) is 0 Å². The molecule has 80 valence electrons. The van der Waals surface area contributed by atoms with E-state index in [-0.39, 0.29) is 12.3 Å². The number of nitrogens with one attached hydrogen (secondary N) is 1. The zero-order valence-electron chi connectivity index (χ0n) is 8.73. The first-order valence-electron chi connectivity index (χ1n) is 4.83. The van der Waals surface area contributed by atoms with E-state index in [0.29, 0.717) is 5.69 Å². The fourth-order valence-corrected chi connectivity index (χ4v) is 1.31. The van der Waals surface area contributed by atoms with Gasteiger partial charge in [-0.2, -0.15) is 0 Å². The van der Waals surface area contributed by atoms with E-state index >= 15 is 0 Å². The van der Waals surface area contributed by atoms with Gasteiger partial charge in [0, 0.05) is 17.7 Å². The molecule has 1 aromatic rings. The third-order valence-electron chi connectivity index (χ3n) is 2.01. The number of rotatable bonds is 4. The largest absolute Gasteiger partial charge is 0.389 e. The topological polar surface area (TPSA) is 49.3 Å². The van der Waals surface area contributed by atoms with Crippen LogP contribution in [-0.4, -0.2) is 11.0 Å². The highest BCUT2D eigenvalue weighted by molar-refractivity contribution is 5.92. The number of carbonyl (C=O) groups is 1. The van der Waals surface area contributed by atoms with Crippen LogP contribution in [0.3, 0.4) is 0 Å². The van der Waals surface area contributed by atoms with Crippen molar-refractivity contribution in [3.63, 3.8) is 0 Å². The first-order valence-corrected chi connectivity index (χ1v) is 4.83. The monoisotopic (exact) mass is 205 g/mol. The number of hydrogen-bond donors (Lipinski definition) is 2. The molecule has 0 fully saturated rings. The lowest BCUT2D eigenvalue weighted by atomic mass is 10.1. The van der Waals surface area contributed by atoms with Crippen LogP contribution in [0, 0.1) is 0 Å². The molecular weight excluding hydrogens is 190 g/mol. The number of carbonyl (C=O) groups excluding carboxylic acids is 1. The predicted octanol–water partition coefficient (Wildman–Crippen LogP) is 2.25. The summed E-state index contributed by atoms with van der Waals surface area (Å²) in [5.74, 6) is -0.127. The molecule has 15 heavy (non-hydrogen) atoms. The Hall–Kier alpha value is -1.61. The molecule has 0 saturated carbocycles. The van der Waals surface area contributed by atoms with Gasteiger partial charge in [-0.15, -0.1) is 6.58 Å². The van der Waals surface area contributed by atoms with Crippen LogP contribution in [0.1, 0.15) is 25.0 Å². The van der Waals surface area contributed by atoms with E-state index in [1.165, 1.54) is 0 Å². The second kappa shape index (κ2) is 5.32. The molecule has 1 atom stereocenters. The van der Waals surface area contributed by atoms with Crippen molar-refractivity contribution < 1.29 is 9.90 Å². The SMILES string of the molecule is C=CCC(=O)Nc1ccccc1C(C)O. The molecule has 1 aromatic carbocycles. The molecule has 3 nitrogen and oxygen atoms in total. The van der Waals surface area contributed by atoms with Crippen molar-refractivity contribution >= 4 is 11.6 Å². The average molecular weight is 205 g/mol. The summed E-state index contributed by atoms with van der Waals surface area (Å²) < 4.78 is 0. The first kappa shape index (κ1) is 11.5. The van der Waals surface area contributed by atoms with Gasteiger partial charge in [0.2, 0.25) is 5.91 Å². The second-order valence-corrected chi connectivity index (χ2v) is 3.30. The Labute approximate surface area is 89.4 Å². The highest BCUT2D eigenvalue weighted by Gasteiger charge is 2.08. The Balaban J connectivity index is 2.84. The predicted molar refractivity (Wildman–Crippen MR) is 60.5 cm³/mol. The summed E-state index contributed by atoms with van der Waals surface area (Å²) in [5.41, 5.74) is 1.37. The maximum absolute atomic E-state index is 11.3. The zero-order chi connectivity index (χ0) is 11.3. The van der Waals surface area contributed by atoms with Crippen LogP contribution in [0.4, 0.5) is 5.69 Å². The summed E-state index contributed by atoms with van der Waals surface area (Å²) in [6, 6.07) is 7.19. The average Bonchev–Trinajstić information content (AvgIpc) is 2.18. The van der Waals surface area contributed by atoms with Gasteiger partial charge in [0.15, 0.2) is 0 Å². The van der Waals surface area contributed by atoms with Crippen molar-refractivity contribution in [3.05, 3.63) is 42.5 Å². The lowest BCUT2D eigenvalue weighted by Crippen LogP contribution is -2.12. The van der Waals surface area contributed by atoms with Crippen molar-refractivity contribution in [1.29, 1.82) is 0 Å². The van der Waals surface area contributed by atoms with Crippen molar-refractivity contribution in [1.82, 2.24) is 0 Å². The number of aliphatic hydroxyl groups is 1. The van der Waals surface area contributed by atoms with Crippen LogP contribution in [-0.2, 0) is 4.79 Å². The number of anilines is 1.